The van der Waals surface area contributed by atoms with Gasteiger partial charge in [-0.1, -0.05) is 0 Å². The molecule has 0 radical (unpaired) electrons. The van der Waals surface area contributed by atoms with Crippen LogP contribution in [0.4, 0.5) is 0 Å². The molecule has 1 atom stereocenters. The summed E-state index contributed by atoms with van der Waals surface area (Å²) in [5.41, 5.74) is 0.408. The highest BCUT2D eigenvalue weighted by Gasteiger charge is 2.36. The molecule has 0 aromatic carbocycles. The maximum absolute atomic E-state index is 10.7. The maximum Gasteiger partial charge on any atom is 0.126 e. The molecular weight excluding hydrogens is 258 g/mol. The summed E-state index contributed by atoms with van der Waals surface area (Å²) in [4.78, 5) is 9.99. The first-order valence-electron chi connectivity index (χ1n) is 7.30. The van der Waals surface area contributed by atoms with Crippen molar-refractivity contribution in [2.24, 2.45) is 0 Å². The number of β-amino-alcohol motifs (C(OH)–C–C–N with tert-alkyl or cyclic N) is 1. The molecule has 2 aliphatic rings. The van der Waals surface area contributed by atoms with Gasteiger partial charge in [0.15, 0.2) is 0 Å². The summed E-state index contributed by atoms with van der Waals surface area (Å²) >= 11 is 0. The number of ether oxygens (including phenoxy) is 2. The number of imidazole rings is 1. The summed E-state index contributed by atoms with van der Waals surface area (Å²) in [5.74, 6) is 0.929. The van der Waals surface area contributed by atoms with E-state index in [4.69, 9.17) is 9.47 Å². The standard InChI is InChI=1S/C14H23N3O3/c1-11-8-15-13(16-11)12-9-20-7-4-17(12)10-14(18)2-5-19-6-3-14/h8,12,18H,2-7,9-10H2,1H3,(H,15,16). The average Bonchev–Trinajstić information content (AvgIpc) is 2.86. The first-order valence-corrected chi connectivity index (χ1v) is 7.30. The average molecular weight is 281 g/mol. The van der Waals surface area contributed by atoms with Crippen LogP contribution >= 0.6 is 0 Å². The second-order valence-electron chi connectivity index (χ2n) is 5.85. The molecule has 6 heteroatoms. The highest BCUT2D eigenvalue weighted by Crippen LogP contribution is 2.28. The number of rotatable bonds is 3. The summed E-state index contributed by atoms with van der Waals surface area (Å²) in [6.07, 6.45) is 3.24. The number of H-pyrrole nitrogens is 1. The molecule has 0 bridgehead atoms. The van der Waals surface area contributed by atoms with Crippen molar-refractivity contribution in [1.82, 2.24) is 14.9 Å². The van der Waals surface area contributed by atoms with E-state index in [9.17, 15) is 5.11 Å². The molecule has 1 aromatic rings. The monoisotopic (exact) mass is 281 g/mol. The lowest BCUT2D eigenvalue weighted by atomic mass is 9.93. The van der Waals surface area contributed by atoms with Crippen LogP contribution in [0.2, 0.25) is 0 Å². The van der Waals surface area contributed by atoms with Crippen molar-refractivity contribution in [3.63, 3.8) is 0 Å². The van der Waals surface area contributed by atoms with E-state index >= 15 is 0 Å². The van der Waals surface area contributed by atoms with Gasteiger partial charge in [-0.05, 0) is 6.92 Å². The number of morpholine rings is 1. The molecular formula is C14H23N3O3. The Kier molecular flexibility index (Phi) is 4.07. The number of aromatic amines is 1. The van der Waals surface area contributed by atoms with Crippen molar-refractivity contribution in [3.05, 3.63) is 17.7 Å². The second-order valence-corrected chi connectivity index (χ2v) is 5.85. The molecule has 0 saturated carbocycles. The summed E-state index contributed by atoms with van der Waals surface area (Å²) < 4.78 is 10.9. The van der Waals surface area contributed by atoms with E-state index in [0.29, 0.717) is 45.8 Å². The van der Waals surface area contributed by atoms with E-state index in [1.54, 1.807) is 0 Å². The number of aryl methyl sites for hydroxylation is 1. The fraction of sp³-hybridized carbons (Fsp3) is 0.786. The van der Waals surface area contributed by atoms with E-state index < -0.39 is 5.60 Å². The third kappa shape index (κ3) is 3.03. The Morgan fingerprint density at radius 2 is 2.20 bits per heavy atom. The van der Waals surface area contributed by atoms with Crippen molar-refractivity contribution >= 4 is 0 Å². The van der Waals surface area contributed by atoms with Gasteiger partial charge in [0.05, 0.1) is 24.9 Å². The third-order valence-electron chi connectivity index (χ3n) is 4.20. The zero-order valence-electron chi connectivity index (χ0n) is 12.0. The van der Waals surface area contributed by atoms with Crippen LogP contribution in [-0.2, 0) is 9.47 Å². The smallest absolute Gasteiger partial charge is 0.126 e. The SMILES string of the molecule is Cc1cnc(C2COCCN2CC2(O)CCOCC2)[nH]1. The van der Waals surface area contributed by atoms with Crippen LogP contribution in [0.25, 0.3) is 0 Å². The van der Waals surface area contributed by atoms with Crippen LogP contribution in [0.1, 0.15) is 30.4 Å². The van der Waals surface area contributed by atoms with E-state index in [1.165, 1.54) is 0 Å². The van der Waals surface area contributed by atoms with E-state index in [0.717, 1.165) is 18.1 Å². The van der Waals surface area contributed by atoms with Gasteiger partial charge in [-0.2, -0.15) is 0 Å². The van der Waals surface area contributed by atoms with Crippen molar-refractivity contribution < 1.29 is 14.6 Å². The van der Waals surface area contributed by atoms with Gasteiger partial charge in [0.25, 0.3) is 0 Å². The van der Waals surface area contributed by atoms with E-state index in [2.05, 4.69) is 14.9 Å². The van der Waals surface area contributed by atoms with Gasteiger partial charge in [-0.3, -0.25) is 4.90 Å². The van der Waals surface area contributed by atoms with Gasteiger partial charge in [-0.15, -0.1) is 0 Å². The Labute approximate surface area is 119 Å². The molecule has 3 rings (SSSR count). The Bertz CT molecular complexity index is 443. The Balaban J connectivity index is 1.72. The van der Waals surface area contributed by atoms with Gasteiger partial charge in [0, 0.05) is 51.0 Å². The number of aliphatic hydroxyl groups is 1. The number of hydrogen-bond donors (Lipinski definition) is 2. The van der Waals surface area contributed by atoms with Gasteiger partial charge in [0.1, 0.15) is 5.82 Å². The number of nitrogens with one attached hydrogen (secondary N) is 1. The van der Waals surface area contributed by atoms with Crippen molar-refractivity contribution in [3.8, 4) is 0 Å². The fourth-order valence-corrected chi connectivity index (χ4v) is 2.97. The maximum atomic E-state index is 10.7. The van der Waals surface area contributed by atoms with Crippen LogP contribution in [0.3, 0.4) is 0 Å². The summed E-state index contributed by atoms with van der Waals surface area (Å²) in [5, 5.41) is 10.7. The molecule has 1 unspecified atom stereocenters. The Morgan fingerprint density at radius 1 is 1.40 bits per heavy atom. The molecule has 6 nitrogen and oxygen atoms in total. The molecule has 2 N–H and O–H groups in total. The predicted molar refractivity (Wildman–Crippen MR) is 73.5 cm³/mol. The van der Waals surface area contributed by atoms with Crippen LogP contribution in [-0.4, -0.2) is 65.1 Å². The molecule has 0 amide bonds. The van der Waals surface area contributed by atoms with E-state index in [1.807, 2.05) is 13.1 Å². The third-order valence-corrected chi connectivity index (χ3v) is 4.20. The zero-order valence-corrected chi connectivity index (χ0v) is 12.0. The predicted octanol–water partition coefficient (Wildman–Crippen LogP) is 0.633. The normalized spacial score (nSPS) is 27.6. The summed E-state index contributed by atoms with van der Waals surface area (Å²) in [6.45, 7) is 6.10. The van der Waals surface area contributed by atoms with Gasteiger partial charge in [0.2, 0.25) is 0 Å². The zero-order chi connectivity index (χ0) is 14.0. The Hall–Kier alpha value is -0.950. The lowest BCUT2D eigenvalue weighted by molar-refractivity contribution is -0.105. The number of nitrogens with zero attached hydrogens (tertiary/aromatic N) is 2. The summed E-state index contributed by atoms with van der Waals surface area (Å²) in [6, 6.07) is 0.101. The molecule has 112 valence electrons. The molecule has 3 heterocycles. The van der Waals surface area contributed by atoms with Crippen LogP contribution in [0.5, 0.6) is 0 Å². The lowest BCUT2D eigenvalue weighted by Crippen LogP contribution is -2.51. The van der Waals surface area contributed by atoms with Crippen molar-refractivity contribution in [2.75, 3.05) is 39.5 Å². The number of aromatic nitrogens is 2. The van der Waals surface area contributed by atoms with Gasteiger partial charge >= 0.3 is 0 Å². The largest absolute Gasteiger partial charge is 0.388 e. The van der Waals surface area contributed by atoms with Gasteiger partial charge < -0.3 is 19.6 Å². The Morgan fingerprint density at radius 3 is 2.90 bits per heavy atom. The minimum atomic E-state index is -0.643. The first-order chi connectivity index (χ1) is 9.66. The molecule has 2 aliphatic heterocycles. The lowest BCUT2D eigenvalue weighted by Gasteiger charge is -2.41. The molecule has 2 saturated heterocycles. The highest BCUT2D eigenvalue weighted by molar-refractivity contribution is 5.05. The van der Waals surface area contributed by atoms with Crippen molar-refractivity contribution in [1.29, 1.82) is 0 Å². The summed E-state index contributed by atoms with van der Waals surface area (Å²) in [7, 11) is 0. The quantitative estimate of drug-likeness (QED) is 0.850. The van der Waals surface area contributed by atoms with E-state index in [-0.39, 0.29) is 6.04 Å². The highest BCUT2D eigenvalue weighted by atomic mass is 16.5. The molecule has 0 spiro atoms. The second kappa shape index (κ2) is 5.81. The topological polar surface area (TPSA) is 70.6 Å². The van der Waals surface area contributed by atoms with Crippen LogP contribution in [0.15, 0.2) is 6.20 Å². The fourth-order valence-electron chi connectivity index (χ4n) is 2.97. The number of hydrogen-bond acceptors (Lipinski definition) is 5. The molecule has 1 aromatic heterocycles. The van der Waals surface area contributed by atoms with Gasteiger partial charge in [-0.25, -0.2) is 4.98 Å². The minimum Gasteiger partial charge on any atom is -0.388 e. The molecule has 2 fully saturated rings. The van der Waals surface area contributed by atoms with Crippen LogP contribution in [0, 0.1) is 6.92 Å². The minimum absolute atomic E-state index is 0.101. The molecule has 0 aliphatic carbocycles. The van der Waals surface area contributed by atoms with Crippen LogP contribution < -0.4 is 0 Å². The molecule has 20 heavy (non-hydrogen) atoms. The van der Waals surface area contributed by atoms with Crippen molar-refractivity contribution in [2.45, 2.75) is 31.4 Å². The first kappa shape index (κ1) is 14.0.